The minimum absolute atomic E-state index is 0.205. The summed E-state index contributed by atoms with van der Waals surface area (Å²) in [7, 11) is 0. The zero-order valence-corrected chi connectivity index (χ0v) is 15.9. The first-order valence-corrected chi connectivity index (χ1v) is 9.79. The van der Waals surface area contributed by atoms with Gasteiger partial charge in [0.2, 0.25) is 10.1 Å². The van der Waals surface area contributed by atoms with Gasteiger partial charge in [0.15, 0.2) is 0 Å². The molecule has 1 aliphatic carbocycles. The van der Waals surface area contributed by atoms with Crippen molar-refractivity contribution in [3.8, 4) is 11.3 Å². The molecule has 0 atom stereocenters. The van der Waals surface area contributed by atoms with E-state index >= 15 is 0 Å². The van der Waals surface area contributed by atoms with E-state index in [1.54, 1.807) is 6.07 Å². The molecule has 1 fully saturated rings. The van der Waals surface area contributed by atoms with E-state index in [4.69, 9.17) is 4.52 Å². The lowest BCUT2D eigenvalue weighted by Crippen LogP contribution is -2.13. The van der Waals surface area contributed by atoms with Crippen molar-refractivity contribution in [3.05, 3.63) is 52.7 Å². The molecule has 5 rings (SSSR count). The highest BCUT2D eigenvalue weighted by atomic mass is 32.1. The number of halogens is 3. The average Bonchev–Trinajstić information content (AvgIpc) is 3.31. The first kappa shape index (κ1) is 18.7. The van der Waals surface area contributed by atoms with E-state index in [1.807, 2.05) is 30.3 Å². The molecule has 4 aromatic rings. The zero-order chi connectivity index (χ0) is 20.9. The van der Waals surface area contributed by atoms with Gasteiger partial charge in [0.1, 0.15) is 5.69 Å². The highest BCUT2D eigenvalue weighted by Crippen LogP contribution is 2.41. The molecule has 7 nitrogen and oxygen atoms in total. The third-order valence-electron chi connectivity index (χ3n) is 4.64. The molecule has 0 bridgehead atoms. The summed E-state index contributed by atoms with van der Waals surface area (Å²) in [6.45, 7) is 0. The van der Waals surface area contributed by atoms with Gasteiger partial charge in [-0.3, -0.25) is 10.1 Å². The van der Waals surface area contributed by atoms with Crippen molar-refractivity contribution in [2.45, 2.75) is 24.9 Å². The molecule has 3 heterocycles. The van der Waals surface area contributed by atoms with Crippen LogP contribution in [-0.4, -0.2) is 26.2 Å². The summed E-state index contributed by atoms with van der Waals surface area (Å²) >= 11 is 0.260. The number of aromatic nitrogens is 4. The largest absolute Gasteiger partial charge is 0.445 e. The summed E-state index contributed by atoms with van der Waals surface area (Å²) in [5.41, 5.74) is 2.26. The van der Waals surface area contributed by atoms with Crippen molar-refractivity contribution >= 4 is 33.5 Å². The highest BCUT2D eigenvalue weighted by Gasteiger charge is 2.36. The van der Waals surface area contributed by atoms with E-state index in [0.717, 1.165) is 18.4 Å². The summed E-state index contributed by atoms with van der Waals surface area (Å²) in [4.78, 5) is 17.5. The molecule has 1 amide bonds. The molecule has 30 heavy (non-hydrogen) atoms. The van der Waals surface area contributed by atoms with Gasteiger partial charge < -0.3 is 4.52 Å². The number of rotatable bonds is 4. The Morgan fingerprint density at radius 2 is 1.93 bits per heavy atom. The Morgan fingerprint density at radius 1 is 1.17 bits per heavy atom. The molecule has 0 unspecified atom stereocenters. The zero-order valence-electron chi connectivity index (χ0n) is 15.1. The highest BCUT2D eigenvalue weighted by molar-refractivity contribution is 7.15. The van der Waals surface area contributed by atoms with Crippen LogP contribution in [0.5, 0.6) is 0 Å². The lowest BCUT2D eigenvalue weighted by Gasteiger charge is -2.06. The van der Waals surface area contributed by atoms with Crippen LogP contribution in [0.3, 0.4) is 0 Å². The van der Waals surface area contributed by atoms with Gasteiger partial charge in [0.25, 0.3) is 11.6 Å². The number of fused-ring (bicyclic) bond motifs is 1. The van der Waals surface area contributed by atoms with Crippen LogP contribution < -0.4 is 5.32 Å². The summed E-state index contributed by atoms with van der Waals surface area (Å²) in [5.74, 6) is -0.404. The Kier molecular flexibility index (Phi) is 4.28. The number of amides is 1. The number of hydrogen-bond acceptors (Lipinski definition) is 7. The Morgan fingerprint density at radius 3 is 2.60 bits per heavy atom. The van der Waals surface area contributed by atoms with Crippen molar-refractivity contribution in [3.63, 3.8) is 0 Å². The number of anilines is 1. The average molecular weight is 431 g/mol. The Hall–Kier alpha value is -3.34. The summed E-state index contributed by atoms with van der Waals surface area (Å²) < 4.78 is 43.7. The van der Waals surface area contributed by atoms with Crippen LogP contribution in [0.2, 0.25) is 0 Å². The van der Waals surface area contributed by atoms with Crippen LogP contribution >= 0.6 is 11.3 Å². The van der Waals surface area contributed by atoms with Gasteiger partial charge in [-0.15, -0.1) is 10.2 Å². The second kappa shape index (κ2) is 6.87. The van der Waals surface area contributed by atoms with E-state index in [9.17, 15) is 18.0 Å². The second-order valence-corrected chi connectivity index (χ2v) is 7.79. The van der Waals surface area contributed by atoms with Crippen LogP contribution in [-0.2, 0) is 6.18 Å². The fraction of sp³-hybridized carbons (Fsp3) is 0.211. The molecular weight excluding hydrogens is 419 g/mol. The van der Waals surface area contributed by atoms with Gasteiger partial charge in [0, 0.05) is 17.2 Å². The molecule has 1 aromatic carbocycles. The molecule has 0 saturated heterocycles. The normalized spacial score (nSPS) is 14.2. The smallest absolute Gasteiger partial charge is 0.335 e. The van der Waals surface area contributed by atoms with E-state index in [-0.39, 0.29) is 33.7 Å². The molecule has 152 valence electrons. The Bertz CT molecular complexity index is 1250. The maximum atomic E-state index is 13.0. The van der Waals surface area contributed by atoms with Crippen molar-refractivity contribution in [1.29, 1.82) is 0 Å². The van der Waals surface area contributed by atoms with Gasteiger partial charge in [-0.25, -0.2) is 4.98 Å². The standard InChI is InChI=1S/C19H12F3N5O2S/c20-19(21,22)17-25-26-18(30-17)24-15(28)11-8-12(9-6-7-9)23-16-13(11)14(27-29-16)10-4-2-1-3-5-10/h1-5,8-9H,6-7H2,(H,24,26,28). The number of nitrogens with zero attached hydrogens (tertiary/aromatic N) is 4. The number of pyridine rings is 1. The van der Waals surface area contributed by atoms with E-state index in [1.165, 1.54) is 0 Å². The molecule has 3 aromatic heterocycles. The first-order valence-electron chi connectivity index (χ1n) is 8.98. The van der Waals surface area contributed by atoms with Gasteiger partial charge in [-0.05, 0) is 18.9 Å². The predicted molar refractivity (Wildman–Crippen MR) is 102 cm³/mol. The van der Waals surface area contributed by atoms with Gasteiger partial charge >= 0.3 is 6.18 Å². The minimum Gasteiger partial charge on any atom is -0.335 e. The van der Waals surface area contributed by atoms with Crippen molar-refractivity contribution in [2.24, 2.45) is 0 Å². The Balaban J connectivity index is 1.58. The topological polar surface area (TPSA) is 93.8 Å². The minimum atomic E-state index is -4.63. The van der Waals surface area contributed by atoms with Crippen LogP contribution in [0.15, 0.2) is 40.9 Å². The molecule has 1 N–H and O–H groups in total. The number of carbonyl (C=O) groups excluding carboxylic acids is 1. The van der Waals surface area contributed by atoms with Crippen LogP contribution in [0, 0.1) is 0 Å². The lowest BCUT2D eigenvalue weighted by molar-refractivity contribution is -0.138. The third-order valence-corrected chi connectivity index (χ3v) is 5.53. The summed E-state index contributed by atoms with van der Waals surface area (Å²) in [6, 6.07) is 10.8. The van der Waals surface area contributed by atoms with Gasteiger partial charge in [0.05, 0.1) is 10.9 Å². The van der Waals surface area contributed by atoms with Crippen molar-refractivity contribution in [2.75, 3.05) is 5.32 Å². The fourth-order valence-corrected chi connectivity index (χ4v) is 3.69. The second-order valence-electron chi connectivity index (χ2n) is 6.81. The first-order chi connectivity index (χ1) is 14.4. The van der Waals surface area contributed by atoms with Gasteiger partial charge in [-0.1, -0.05) is 46.8 Å². The lowest BCUT2D eigenvalue weighted by atomic mass is 10.0. The summed E-state index contributed by atoms with van der Waals surface area (Å²) in [6.07, 6.45) is -2.73. The van der Waals surface area contributed by atoms with E-state index < -0.39 is 17.1 Å². The van der Waals surface area contributed by atoms with Crippen LogP contribution in [0.25, 0.3) is 22.4 Å². The molecule has 0 radical (unpaired) electrons. The van der Waals surface area contributed by atoms with E-state index in [0.29, 0.717) is 16.8 Å². The van der Waals surface area contributed by atoms with Gasteiger partial charge in [-0.2, -0.15) is 13.2 Å². The Labute approximate surface area is 170 Å². The molecule has 1 saturated carbocycles. The quantitative estimate of drug-likeness (QED) is 0.495. The molecular formula is C19H12F3N5O2S. The maximum absolute atomic E-state index is 13.0. The van der Waals surface area contributed by atoms with Crippen LogP contribution in [0.4, 0.5) is 18.3 Å². The van der Waals surface area contributed by atoms with Crippen molar-refractivity contribution in [1.82, 2.24) is 20.3 Å². The number of alkyl halides is 3. The predicted octanol–water partition coefficient (Wildman–Crippen LogP) is 4.89. The van der Waals surface area contributed by atoms with E-state index in [2.05, 4.69) is 25.7 Å². The molecule has 11 heteroatoms. The molecule has 1 aliphatic rings. The SMILES string of the molecule is O=C(Nc1nnc(C(F)(F)F)s1)c1cc(C2CC2)nc2onc(-c3ccccc3)c12. The number of benzene rings is 1. The monoisotopic (exact) mass is 431 g/mol. The molecule has 0 spiro atoms. The van der Waals surface area contributed by atoms with Crippen molar-refractivity contribution < 1.29 is 22.5 Å². The number of nitrogens with one attached hydrogen (secondary N) is 1. The number of hydrogen-bond donors (Lipinski definition) is 1. The fourth-order valence-electron chi connectivity index (χ4n) is 3.08. The van der Waals surface area contributed by atoms with Crippen LogP contribution in [0.1, 0.15) is 39.8 Å². The maximum Gasteiger partial charge on any atom is 0.445 e. The molecule has 0 aliphatic heterocycles. The third kappa shape index (κ3) is 3.41. The summed E-state index contributed by atoms with van der Waals surface area (Å²) in [5, 5.41) is 12.0. The number of carbonyl (C=O) groups is 1.